The van der Waals surface area contributed by atoms with Gasteiger partial charge in [0.05, 0.1) is 22.7 Å². The third kappa shape index (κ3) is 5.64. The largest absolute Gasteiger partial charge is 0.508 e. The lowest BCUT2D eigenvalue weighted by Gasteiger charge is -2.13. The van der Waals surface area contributed by atoms with Crippen molar-refractivity contribution < 1.29 is 24.5 Å². The molecule has 0 fully saturated rings. The topological polar surface area (TPSA) is 76.0 Å². The van der Waals surface area contributed by atoms with Gasteiger partial charge in [-0.3, -0.25) is 4.79 Å². The van der Waals surface area contributed by atoms with E-state index in [9.17, 15) is 15.0 Å². The van der Waals surface area contributed by atoms with Crippen molar-refractivity contribution in [1.82, 2.24) is 0 Å². The predicted octanol–water partition coefficient (Wildman–Crippen LogP) is 6.54. The number of hydrogen-bond donors (Lipinski definition) is 2. The fourth-order valence-corrected chi connectivity index (χ4v) is 3.75. The number of carbonyl (C=O) groups is 1. The smallest absolute Gasteiger partial charge is 0.189 e. The Kier molecular flexibility index (Phi) is 7.33. The van der Waals surface area contributed by atoms with Crippen LogP contribution < -0.4 is 9.47 Å². The molecule has 0 aromatic heterocycles. The van der Waals surface area contributed by atoms with Gasteiger partial charge in [-0.15, -0.1) is 0 Å². The standard InChI is InChI=1S/C23H17Cl3O5/c1-30-22-7-3-13(2-6-20(28)17-5-4-16(27)11-21(17)29)8-14(22)12-31-23-18(25)9-15(24)10-19(23)26/h2-11,27,29H,12H2,1H3/b6-2+. The maximum atomic E-state index is 12.4. The van der Waals surface area contributed by atoms with Gasteiger partial charge in [0.2, 0.25) is 0 Å². The van der Waals surface area contributed by atoms with E-state index in [1.807, 2.05) is 0 Å². The summed E-state index contributed by atoms with van der Waals surface area (Å²) in [6.45, 7) is 0.110. The Hall–Kier alpha value is -2.86. The van der Waals surface area contributed by atoms with Crippen LogP contribution in [0, 0.1) is 0 Å². The summed E-state index contributed by atoms with van der Waals surface area (Å²) < 4.78 is 11.2. The number of rotatable bonds is 7. The van der Waals surface area contributed by atoms with Crippen molar-refractivity contribution >= 4 is 46.7 Å². The third-order valence-electron chi connectivity index (χ3n) is 4.31. The second kappa shape index (κ2) is 9.96. The Balaban J connectivity index is 1.80. The van der Waals surface area contributed by atoms with E-state index in [4.69, 9.17) is 44.3 Å². The maximum Gasteiger partial charge on any atom is 0.189 e. The molecule has 0 aliphatic heterocycles. The van der Waals surface area contributed by atoms with Crippen LogP contribution in [0.15, 0.2) is 54.6 Å². The molecule has 3 aromatic carbocycles. The monoisotopic (exact) mass is 478 g/mol. The van der Waals surface area contributed by atoms with Crippen molar-refractivity contribution in [2.45, 2.75) is 6.61 Å². The zero-order valence-electron chi connectivity index (χ0n) is 16.2. The molecule has 0 bridgehead atoms. The quantitative estimate of drug-likeness (QED) is 0.297. The van der Waals surface area contributed by atoms with E-state index in [0.29, 0.717) is 27.6 Å². The molecule has 0 saturated heterocycles. The lowest BCUT2D eigenvalue weighted by molar-refractivity contribution is 0.104. The van der Waals surface area contributed by atoms with Crippen molar-refractivity contribution in [2.75, 3.05) is 7.11 Å². The first-order chi connectivity index (χ1) is 14.8. The molecule has 0 aliphatic carbocycles. The molecule has 2 N–H and O–H groups in total. The number of allylic oxidation sites excluding steroid dienone is 1. The van der Waals surface area contributed by atoms with Gasteiger partial charge in [0.1, 0.15) is 23.9 Å². The zero-order valence-corrected chi connectivity index (χ0v) is 18.5. The molecular formula is C23H17Cl3O5. The minimum Gasteiger partial charge on any atom is -0.508 e. The summed E-state index contributed by atoms with van der Waals surface area (Å²) in [5.74, 6) is 0.0503. The van der Waals surface area contributed by atoms with Gasteiger partial charge in [-0.2, -0.15) is 0 Å². The molecule has 0 amide bonds. The minimum atomic E-state index is -0.411. The van der Waals surface area contributed by atoms with Crippen LogP contribution in [0.1, 0.15) is 21.5 Å². The maximum absolute atomic E-state index is 12.4. The SMILES string of the molecule is COc1ccc(/C=C/C(=O)c2ccc(O)cc2O)cc1COc1c(Cl)cc(Cl)cc1Cl. The van der Waals surface area contributed by atoms with Crippen LogP contribution in [0.25, 0.3) is 6.08 Å². The summed E-state index contributed by atoms with van der Waals surface area (Å²) in [4.78, 5) is 12.4. The van der Waals surface area contributed by atoms with E-state index in [0.717, 1.165) is 6.07 Å². The van der Waals surface area contributed by atoms with Crippen LogP contribution >= 0.6 is 34.8 Å². The van der Waals surface area contributed by atoms with E-state index < -0.39 is 5.78 Å². The number of ketones is 1. The fraction of sp³-hybridized carbons (Fsp3) is 0.0870. The third-order valence-corrected chi connectivity index (χ3v) is 5.09. The fourth-order valence-electron chi connectivity index (χ4n) is 2.82. The predicted molar refractivity (Wildman–Crippen MR) is 122 cm³/mol. The Morgan fingerprint density at radius 3 is 2.35 bits per heavy atom. The zero-order chi connectivity index (χ0) is 22.5. The highest BCUT2D eigenvalue weighted by molar-refractivity contribution is 6.40. The number of ether oxygens (including phenoxy) is 2. The molecule has 8 heteroatoms. The van der Waals surface area contributed by atoms with Crippen molar-refractivity contribution in [3.8, 4) is 23.0 Å². The number of carbonyl (C=O) groups excluding carboxylic acids is 1. The van der Waals surface area contributed by atoms with E-state index >= 15 is 0 Å². The van der Waals surface area contributed by atoms with Crippen molar-refractivity contribution in [2.24, 2.45) is 0 Å². The Morgan fingerprint density at radius 2 is 1.71 bits per heavy atom. The van der Waals surface area contributed by atoms with Gasteiger partial charge >= 0.3 is 0 Å². The van der Waals surface area contributed by atoms with Gasteiger partial charge in [-0.25, -0.2) is 0 Å². The average molecular weight is 480 g/mol. The highest BCUT2D eigenvalue weighted by atomic mass is 35.5. The summed E-state index contributed by atoms with van der Waals surface area (Å²) >= 11 is 18.2. The first kappa shape index (κ1) is 22.8. The molecule has 0 radical (unpaired) electrons. The van der Waals surface area contributed by atoms with Crippen LogP contribution in [-0.4, -0.2) is 23.1 Å². The second-order valence-corrected chi connectivity index (χ2v) is 7.71. The van der Waals surface area contributed by atoms with Crippen LogP contribution in [-0.2, 0) is 6.61 Å². The highest BCUT2D eigenvalue weighted by Crippen LogP contribution is 2.37. The summed E-state index contributed by atoms with van der Waals surface area (Å²) in [5, 5.41) is 20.2. The molecular weight excluding hydrogens is 463 g/mol. The normalized spacial score (nSPS) is 11.0. The van der Waals surface area contributed by atoms with Gasteiger partial charge in [-0.05, 0) is 48.0 Å². The molecule has 3 aromatic rings. The van der Waals surface area contributed by atoms with E-state index in [-0.39, 0.29) is 33.7 Å². The van der Waals surface area contributed by atoms with Crippen LogP contribution in [0.2, 0.25) is 15.1 Å². The van der Waals surface area contributed by atoms with Crippen molar-refractivity contribution in [3.05, 3.63) is 86.4 Å². The number of aromatic hydroxyl groups is 2. The number of benzene rings is 3. The molecule has 0 saturated carbocycles. The first-order valence-electron chi connectivity index (χ1n) is 8.97. The van der Waals surface area contributed by atoms with Gasteiger partial charge in [0.15, 0.2) is 11.5 Å². The molecule has 0 unspecified atom stereocenters. The number of phenols is 2. The molecule has 0 atom stereocenters. The Labute approximate surface area is 194 Å². The first-order valence-corrected chi connectivity index (χ1v) is 10.1. The number of phenolic OH excluding ortho intramolecular Hbond substituents is 2. The second-order valence-electron chi connectivity index (χ2n) is 6.46. The lowest BCUT2D eigenvalue weighted by Crippen LogP contribution is -2.00. The Morgan fingerprint density at radius 1 is 1.00 bits per heavy atom. The molecule has 0 aliphatic rings. The summed E-state index contributed by atoms with van der Waals surface area (Å²) in [6.07, 6.45) is 2.92. The number of methoxy groups -OCH3 is 1. The summed E-state index contributed by atoms with van der Waals surface area (Å²) in [5.41, 5.74) is 1.49. The van der Waals surface area contributed by atoms with E-state index in [1.165, 1.54) is 37.5 Å². The van der Waals surface area contributed by atoms with Gasteiger partial charge in [0, 0.05) is 16.7 Å². The molecule has 3 rings (SSSR count). The molecule has 0 spiro atoms. The molecule has 0 heterocycles. The van der Waals surface area contributed by atoms with E-state index in [2.05, 4.69) is 0 Å². The minimum absolute atomic E-state index is 0.0816. The van der Waals surface area contributed by atoms with Gasteiger partial charge in [0.25, 0.3) is 0 Å². The molecule has 5 nitrogen and oxygen atoms in total. The average Bonchev–Trinajstić information content (AvgIpc) is 2.71. The van der Waals surface area contributed by atoms with Gasteiger partial charge in [-0.1, -0.05) is 46.9 Å². The Bertz CT molecular complexity index is 1130. The van der Waals surface area contributed by atoms with E-state index in [1.54, 1.807) is 24.3 Å². The number of hydrogen-bond acceptors (Lipinski definition) is 5. The van der Waals surface area contributed by atoms with Crippen molar-refractivity contribution in [1.29, 1.82) is 0 Å². The summed E-state index contributed by atoms with van der Waals surface area (Å²) in [6, 6.07) is 12.2. The molecule has 160 valence electrons. The van der Waals surface area contributed by atoms with Crippen LogP contribution in [0.3, 0.4) is 0 Å². The van der Waals surface area contributed by atoms with Crippen LogP contribution in [0.5, 0.6) is 23.0 Å². The van der Waals surface area contributed by atoms with Gasteiger partial charge < -0.3 is 19.7 Å². The van der Waals surface area contributed by atoms with Crippen molar-refractivity contribution in [3.63, 3.8) is 0 Å². The number of halogens is 3. The van der Waals surface area contributed by atoms with Crippen LogP contribution in [0.4, 0.5) is 0 Å². The summed E-state index contributed by atoms with van der Waals surface area (Å²) in [7, 11) is 1.54. The molecule has 31 heavy (non-hydrogen) atoms. The highest BCUT2D eigenvalue weighted by Gasteiger charge is 2.12. The lowest BCUT2D eigenvalue weighted by atomic mass is 10.1.